The molecule has 0 radical (unpaired) electrons. The van der Waals surface area contributed by atoms with Gasteiger partial charge in [-0.2, -0.15) is 0 Å². The molecule has 10 heteroatoms. The van der Waals surface area contributed by atoms with Gasteiger partial charge in [0.2, 0.25) is 6.10 Å². The van der Waals surface area contributed by atoms with E-state index in [0.717, 1.165) is 12.1 Å². The Morgan fingerprint density at radius 2 is 1.81 bits per heavy atom. The molecule has 1 atom stereocenters. The van der Waals surface area contributed by atoms with Crippen LogP contribution in [0.1, 0.15) is 22.0 Å². The summed E-state index contributed by atoms with van der Waals surface area (Å²) < 4.78 is 5.18. The molecular formula is C17H14ClN3O6. The third-order valence-corrected chi connectivity index (χ3v) is 3.64. The van der Waals surface area contributed by atoms with Crippen molar-refractivity contribution in [2.45, 2.75) is 6.10 Å². The molecule has 140 valence electrons. The van der Waals surface area contributed by atoms with Crippen LogP contribution in [-0.4, -0.2) is 29.9 Å². The van der Waals surface area contributed by atoms with Crippen molar-refractivity contribution in [3.63, 3.8) is 0 Å². The molecule has 0 bridgehead atoms. The van der Waals surface area contributed by atoms with Crippen molar-refractivity contribution >= 4 is 35.2 Å². The summed E-state index contributed by atoms with van der Waals surface area (Å²) in [5.41, 5.74) is -0.666. The lowest BCUT2D eigenvalue weighted by Gasteiger charge is -2.17. The van der Waals surface area contributed by atoms with Gasteiger partial charge in [-0.1, -0.05) is 41.9 Å². The molecule has 0 aromatic heterocycles. The van der Waals surface area contributed by atoms with Gasteiger partial charge in [0.1, 0.15) is 5.56 Å². The van der Waals surface area contributed by atoms with Crippen LogP contribution in [0.2, 0.25) is 5.02 Å². The van der Waals surface area contributed by atoms with E-state index in [9.17, 15) is 24.5 Å². The number of nitrogens with one attached hydrogen (secondary N) is 2. The van der Waals surface area contributed by atoms with Crippen LogP contribution in [0.5, 0.6) is 0 Å². The summed E-state index contributed by atoms with van der Waals surface area (Å²) in [6, 6.07) is 10.5. The van der Waals surface area contributed by atoms with Crippen LogP contribution in [0.25, 0.3) is 0 Å². The number of urea groups is 1. The van der Waals surface area contributed by atoms with E-state index >= 15 is 0 Å². The fourth-order valence-electron chi connectivity index (χ4n) is 2.14. The lowest BCUT2D eigenvalue weighted by atomic mass is 10.1. The molecular weight excluding hydrogens is 378 g/mol. The van der Waals surface area contributed by atoms with Crippen molar-refractivity contribution in [2.75, 3.05) is 7.05 Å². The number of rotatable bonds is 5. The van der Waals surface area contributed by atoms with Gasteiger partial charge in [-0.05, 0) is 12.1 Å². The van der Waals surface area contributed by atoms with Gasteiger partial charge in [-0.3, -0.25) is 20.2 Å². The van der Waals surface area contributed by atoms with Crippen LogP contribution in [0.3, 0.4) is 0 Å². The van der Waals surface area contributed by atoms with Crippen LogP contribution in [0, 0.1) is 10.1 Å². The second-order valence-corrected chi connectivity index (χ2v) is 5.62. The topological polar surface area (TPSA) is 128 Å². The molecule has 9 nitrogen and oxygen atoms in total. The highest BCUT2D eigenvalue weighted by molar-refractivity contribution is 6.31. The van der Waals surface area contributed by atoms with E-state index in [1.54, 1.807) is 18.2 Å². The minimum atomic E-state index is -1.51. The maximum atomic E-state index is 12.5. The molecule has 2 rings (SSSR count). The molecule has 3 amide bonds. The van der Waals surface area contributed by atoms with E-state index in [1.807, 2.05) is 5.32 Å². The van der Waals surface area contributed by atoms with Crippen molar-refractivity contribution < 1.29 is 24.0 Å². The summed E-state index contributed by atoms with van der Waals surface area (Å²) >= 11 is 5.81. The Morgan fingerprint density at radius 1 is 1.15 bits per heavy atom. The van der Waals surface area contributed by atoms with E-state index in [0.29, 0.717) is 0 Å². The number of benzene rings is 2. The number of esters is 1. The van der Waals surface area contributed by atoms with Crippen molar-refractivity contribution in [3.05, 3.63) is 74.8 Å². The normalized spacial score (nSPS) is 11.2. The monoisotopic (exact) mass is 391 g/mol. The Morgan fingerprint density at radius 3 is 2.41 bits per heavy atom. The van der Waals surface area contributed by atoms with Crippen LogP contribution in [-0.2, 0) is 9.53 Å². The number of halogens is 1. The highest BCUT2D eigenvalue weighted by atomic mass is 35.5. The fraction of sp³-hybridized carbons (Fsp3) is 0.118. The van der Waals surface area contributed by atoms with E-state index in [1.165, 1.54) is 25.2 Å². The molecule has 0 saturated carbocycles. The first-order chi connectivity index (χ1) is 12.8. The standard InChI is InChI=1S/C17H14ClN3O6/c1-19-17(24)20-15(22)14(10-5-3-2-4-6-10)27-16(23)12-9-11(18)7-8-13(12)21(25)26/h2-9,14H,1H3,(H2,19,20,22,24). The first-order valence-electron chi connectivity index (χ1n) is 7.56. The number of imide groups is 1. The highest BCUT2D eigenvalue weighted by Gasteiger charge is 2.30. The van der Waals surface area contributed by atoms with Gasteiger partial charge in [-0.15, -0.1) is 0 Å². The van der Waals surface area contributed by atoms with Gasteiger partial charge < -0.3 is 10.1 Å². The molecule has 0 aliphatic rings. The molecule has 0 spiro atoms. The summed E-state index contributed by atoms with van der Waals surface area (Å²) in [7, 11) is 1.31. The molecule has 0 saturated heterocycles. The number of hydrogen-bond donors (Lipinski definition) is 2. The quantitative estimate of drug-likeness (QED) is 0.458. The summed E-state index contributed by atoms with van der Waals surface area (Å²) in [4.78, 5) is 46.6. The molecule has 0 fully saturated rings. The number of hydrogen-bond acceptors (Lipinski definition) is 6. The van der Waals surface area contributed by atoms with E-state index in [4.69, 9.17) is 16.3 Å². The summed E-state index contributed by atoms with van der Waals surface area (Å²) in [5, 5.41) is 15.4. The lowest BCUT2D eigenvalue weighted by Crippen LogP contribution is -2.41. The third kappa shape index (κ3) is 5.02. The Hall–Kier alpha value is -3.46. The number of nitrogens with zero attached hydrogens (tertiary/aromatic N) is 1. The molecule has 1 unspecified atom stereocenters. The highest BCUT2D eigenvalue weighted by Crippen LogP contribution is 2.26. The van der Waals surface area contributed by atoms with Crippen LogP contribution in [0.4, 0.5) is 10.5 Å². The number of nitro benzene ring substituents is 1. The Bertz CT molecular complexity index is 887. The fourth-order valence-corrected chi connectivity index (χ4v) is 2.31. The summed E-state index contributed by atoms with van der Waals surface area (Å²) in [6.07, 6.45) is -1.51. The van der Waals surface area contributed by atoms with E-state index in [-0.39, 0.29) is 10.6 Å². The second-order valence-electron chi connectivity index (χ2n) is 5.18. The predicted octanol–water partition coefficient (Wildman–Crippen LogP) is 2.60. The molecule has 2 N–H and O–H groups in total. The zero-order chi connectivity index (χ0) is 20.0. The smallest absolute Gasteiger partial charge is 0.346 e. The molecule has 2 aromatic rings. The Balaban J connectivity index is 2.37. The summed E-state index contributed by atoms with van der Waals surface area (Å²) in [6.45, 7) is 0. The average molecular weight is 392 g/mol. The van der Waals surface area contributed by atoms with Gasteiger partial charge in [0.15, 0.2) is 0 Å². The largest absolute Gasteiger partial charge is 0.443 e. The van der Waals surface area contributed by atoms with E-state index < -0.39 is 40.2 Å². The molecule has 0 aliphatic heterocycles. The maximum absolute atomic E-state index is 12.5. The number of carbonyl (C=O) groups excluding carboxylic acids is 3. The first-order valence-corrected chi connectivity index (χ1v) is 7.93. The zero-order valence-electron chi connectivity index (χ0n) is 14.0. The van der Waals surface area contributed by atoms with Gasteiger partial charge in [0.25, 0.3) is 11.6 Å². The summed E-state index contributed by atoms with van der Waals surface area (Å²) in [5.74, 6) is -2.05. The van der Waals surface area contributed by atoms with Crippen LogP contribution in [0.15, 0.2) is 48.5 Å². The number of carbonyl (C=O) groups is 3. The minimum Gasteiger partial charge on any atom is -0.443 e. The second kappa shape index (κ2) is 8.77. The maximum Gasteiger partial charge on any atom is 0.346 e. The SMILES string of the molecule is CNC(=O)NC(=O)C(OC(=O)c1cc(Cl)ccc1[N+](=O)[O-])c1ccccc1. The third-order valence-electron chi connectivity index (χ3n) is 3.40. The van der Waals surface area contributed by atoms with E-state index in [2.05, 4.69) is 5.32 Å². The van der Waals surface area contributed by atoms with Crippen molar-refractivity contribution in [3.8, 4) is 0 Å². The van der Waals surface area contributed by atoms with Crippen LogP contribution >= 0.6 is 11.6 Å². The zero-order valence-corrected chi connectivity index (χ0v) is 14.7. The first kappa shape index (κ1) is 19.9. The lowest BCUT2D eigenvalue weighted by molar-refractivity contribution is -0.385. The molecule has 27 heavy (non-hydrogen) atoms. The van der Waals surface area contributed by atoms with Crippen molar-refractivity contribution in [1.29, 1.82) is 0 Å². The Labute approximate surface area is 158 Å². The number of amides is 3. The molecule has 2 aromatic carbocycles. The molecule has 0 aliphatic carbocycles. The van der Waals surface area contributed by atoms with Crippen molar-refractivity contribution in [1.82, 2.24) is 10.6 Å². The van der Waals surface area contributed by atoms with Gasteiger partial charge in [-0.25, -0.2) is 9.59 Å². The van der Waals surface area contributed by atoms with Gasteiger partial charge in [0.05, 0.1) is 4.92 Å². The predicted molar refractivity (Wildman–Crippen MR) is 95.3 cm³/mol. The number of nitro groups is 1. The average Bonchev–Trinajstić information content (AvgIpc) is 2.65. The van der Waals surface area contributed by atoms with Crippen LogP contribution < -0.4 is 10.6 Å². The Kier molecular flexibility index (Phi) is 6.45. The van der Waals surface area contributed by atoms with Gasteiger partial charge in [0, 0.05) is 23.7 Å². The van der Waals surface area contributed by atoms with Crippen molar-refractivity contribution in [2.24, 2.45) is 0 Å². The molecule has 0 heterocycles. The minimum absolute atomic E-state index is 0.0821. The van der Waals surface area contributed by atoms with Gasteiger partial charge >= 0.3 is 12.0 Å². The number of ether oxygens (including phenoxy) is 1.